The summed E-state index contributed by atoms with van der Waals surface area (Å²) < 4.78 is 5.96. The van der Waals surface area contributed by atoms with E-state index in [9.17, 15) is 0 Å². The number of benzene rings is 2. The van der Waals surface area contributed by atoms with Crippen molar-refractivity contribution in [2.45, 2.75) is 23.6 Å². The van der Waals surface area contributed by atoms with Gasteiger partial charge < -0.3 is 4.74 Å². The lowest BCUT2D eigenvalue weighted by molar-refractivity contribution is 0.450. The van der Waals surface area contributed by atoms with E-state index in [0.29, 0.717) is 15.7 Å². The van der Waals surface area contributed by atoms with Gasteiger partial charge in [0.15, 0.2) is 5.75 Å². The van der Waals surface area contributed by atoms with Crippen LogP contribution in [-0.2, 0) is 0 Å². The van der Waals surface area contributed by atoms with Crippen LogP contribution in [0.4, 0.5) is 0 Å². The summed E-state index contributed by atoms with van der Waals surface area (Å²) >= 11 is 26.1. The average molecular weight is 366 g/mol. The highest BCUT2D eigenvalue weighted by atomic mass is 35.5. The van der Waals surface area contributed by atoms with Gasteiger partial charge in [0, 0.05) is 0 Å². The smallest absolute Gasteiger partial charge is 0.163 e. The summed E-state index contributed by atoms with van der Waals surface area (Å²) in [5.41, 5.74) is 2.22. The molecule has 2 aromatic carbocycles. The predicted molar refractivity (Wildman–Crippen MR) is 86.6 cm³/mol. The Hall–Kier alpha value is -0.250. The third-order valence-corrected chi connectivity index (χ3v) is 6.27. The van der Waals surface area contributed by atoms with Gasteiger partial charge in [0.05, 0.1) is 24.9 Å². The number of fused-ring (bicyclic) bond motifs is 2. The number of hydrogen-bond donors (Lipinski definition) is 0. The first kappa shape index (κ1) is 14.7. The minimum absolute atomic E-state index is 0.214. The first-order valence-corrected chi connectivity index (χ1v) is 8.06. The van der Waals surface area contributed by atoms with Crippen LogP contribution in [0.15, 0.2) is 21.9 Å². The van der Waals surface area contributed by atoms with Crippen LogP contribution >= 0.6 is 58.2 Å². The Bertz CT molecular complexity index is 743. The molecule has 6 heteroatoms. The topological polar surface area (TPSA) is 9.23 Å². The van der Waals surface area contributed by atoms with E-state index in [1.807, 2.05) is 26.0 Å². The van der Waals surface area contributed by atoms with Crippen molar-refractivity contribution in [3.05, 3.63) is 43.4 Å². The van der Waals surface area contributed by atoms with E-state index in [1.165, 1.54) is 11.8 Å². The third-order valence-electron chi connectivity index (χ3n) is 3.24. The van der Waals surface area contributed by atoms with Gasteiger partial charge in [0.2, 0.25) is 0 Å². The van der Waals surface area contributed by atoms with Crippen molar-refractivity contribution in [3.63, 3.8) is 0 Å². The van der Waals surface area contributed by atoms with Gasteiger partial charge in [0.1, 0.15) is 10.8 Å². The van der Waals surface area contributed by atoms with Crippen molar-refractivity contribution in [2.24, 2.45) is 0 Å². The zero-order valence-corrected chi connectivity index (χ0v) is 14.3. The van der Waals surface area contributed by atoms with Gasteiger partial charge in [-0.1, -0.05) is 64.2 Å². The quantitative estimate of drug-likeness (QED) is 0.308. The van der Waals surface area contributed by atoms with Gasteiger partial charge in [-0.2, -0.15) is 0 Å². The number of rotatable bonds is 0. The van der Waals surface area contributed by atoms with Gasteiger partial charge in [-0.3, -0.25) is 0 Å². The Balaban J connectivity index is 2.26. The molecule has 1 aliphatic rings. The van der Waals surface area contributed by atoms with Crippen molar-refractivity contribution < 1.29 is 4.74 Å². The summed E-state index contributed by atoms with van der Waals surface area (Å²) in [7, 11) is 0. The van der Waals surface area contributed by atoms with Crippen molar-refractivity contribution >= 4 is 58.2 Å². The molecule has 0 aliphatic carbocycles. The van der Waals surface area contributed by atoms with E-state index in [4.69, 9.17) is 51.1 Å². The second-order valence-corrected chi connectivity index (χ2v) is 7.02. The molecule has 104 valence electrons. The van der Waals surface area contributed by atoms with Crippen LogP contribution in [0.5, 0.6) is 11.5 Å². The normalized spacial score (nSPS) is 12.7. The highest BCUT2D eigenvalue weighted by Gasteiger charge is 2.28. The Kier molecular flexibility index (Phi) is 3.81. The number of halogens is 4. The standard InChI is InChI=1S/C14H8Cl4OS/c1-5-3-4-7-12(6(5)2)19-13-10(17)8(15)9(16)11(18)14(13)20-7/h3-4H,1-2H3. The molecule has 1 aliphatic heterocycles. The molecule has 0 radical (unpaired) electrons. The van der Waals surface area contributed by atoms with Crippen molar-refractivity contribution in [2.75, 3.05) is 0 Å². The van der Waals surface area contributed by atoms with Crippen LogP contribution in [0.1, 0.15) is 11.1 Å². The fraction of sp³-hybridized carbons (Fsp3) is 0.143. The Morgan fingerprint density at radius 1 is 0.850 bits per heavy atom. The highest BCUT2D eigenvalue weighted by Crippen LogP contribution is 2.57. The van der Waals surface area contributed by atoms with E-state index in [1.54, 1.807) is 0 Å². The molecule has 0 saturated heterocycles. The molecule has 0 saturated carbocycles. The van der Waals surface area contributed by atoms with Crippen LogP contribution in [-0.4, -0.2) is 0 Å². The Morgan fingerprint density at radius 2 is 1.50 bits per heavy atom. The van der Waals surface area contributed by atoms with Crippen LogP contribution in [0, 0.1) is 13.8 Å². The fourth-order valence-corrected chi connectivity index (χ4v) is 4.13. The average Bonchev–Trinajstić information content (AvgIpc) is 2.45. The molecule has 0 unspecified atom stereocenters. The monoisotopic (exact) mass is 364 g/mol. The number of hydrogen-bond acceptors (Lipinski definition) is 2. The van der Waals surface area contributed by atoms with Gasteiger partial charge in [-0.15, -0.1) is 0 Å². The van der Waals surface area contributed by atoms with E-state index in [2.05, 4.69) is 0 Å². The molecule has 1 nitrogen and oxygen atoms in total. The van der Waals surface area contributed by atoms with Gasteiger partial charge >= 0.3 is 0 Å². The molecular formula is C14H8Cl4OS. The number of aryl methyl sites for hydroxylation is 1. The summed E-state index contributed by atoms with van der Waals surface area (Å²) in [6.45, 7) is 4.04. The summed E-state index contributed by atoms with van der Waals surface area (Å²) in [6, 6.07) is 4.04. The molecular weight excluding hydrogens is 358 g/mol. The molecule has 3 rings (SSSR count). The summed E-state index contributed by atoms with van der Waals surface area (Å²) in [6.07, 6.45) is 0. The highest BCUT2D eigenvalue weighted by molar-refractivity contribution is 7.99. The van der Waals surface area contributed by atoms with E-state index in [-0.39, 0.29) is 15.1 Å². The Labute approximate surface area is 141 Å². The minimum Gasteiger partial charge on any atom is -0.453 e. The predicted octanol–water partition coefficient (Wildman–Crippen LogP) is 7.17. The maximum absolute atomic E-state index is 6.25. The molecule has 0 bridgehead atoms. The summed E-state index contributed by atoms with van der Waals surface area (Å²) in [5.74, 6) is 1.26. The third kappa shape index (κ3) is 2.10. The van der Waals surface area contributed by atoms with E-state index >= 15 is 0 Å². The molecule has 0 fully saturated rings. The van der Waals surface area contributed by atoms with Crippen molar-refractivity contribution in [1.29, 1.82) is 0 Å². The van der Waals surface area contributed by atoms with Crippen LogP contribution in [0.2, 0.25) is 20.1 Å². The van der Waals surface area contributed by atoms with Crippen LogP contribution in [0.25, 0.3) is 0 Å². The van der Waals surface area contributed by atoms with E-state index < -0.39 is 0 Å². The summed E-state index contributed by atoms with van der Waals surface area (Å²) in [5, 5.41) is 1.12. The first-order valence-electron chi connectivity index (χ1n) is 5.73. The minimum atomic E-state index is 0.214. The SMILES string of the molecule is Cc1ccc2c(c1C)Oc1c(Cl)c(Cl)c(Cl)c(Cl)c1S2. The molecule has 0 N–H and O–H groups in total. The van der Waals surface area contributed by atoms with Gasteiger partial charge in [-0.25, -0.2) is 0 Å². The molecule has 0 spiro atoms. The second kappa shape index (κ2) is 5.19. The zero-order chi connectivity index (χ0) is 14.6. The van der Waals surface area contributed by atoms with Crippen molar-refractivity contribution in [3.8, 4) is 11.5 Å². The molecule has 0 amide bonds. The first-order chi connectivity index (χ1) is 9.41. The Morgan fingerprint density at radius 3 is 2.20 bits per heavy atom. The second-order valence-electron chi connectivity index (χ2n) is 4.45. The lowest BCUT2D eigenvalue weighted by Gasteiger charge is -2.24. The summed E-state index contributed by atoms with van der Waals surface area (Å²) in [4.78, 5) is 1.68. The molecule has 0 aromatic heterocycles. The molecule has 0 atom stereocenters. The van der Waals surface area contributed by atoms with Crippen LogP contribution in [0.3, 0.4) is 0 Å². The molecule has 20 heavy (non-hydrogen) atoms. The molecule has 1 heterocycles. The lowest BCUT2D eigenvalue weighted by Crippen LogP contribution is -2.00. The maximum Gasteiger partial charge on any atom is 0.163 e. The molecule has 2 aromatic rings. The van der Waals surface area contributed by atoms with Crippen LogP contribution < -0.4 is 4.74 Å². The van der Waals surface area contributed by atoms with Gasteiger partial charge in [0.25, 0.3) is 0 Å². The largest absolute Gasteiger partial charge is 0.453 e. The zero-order valence-electron chi connectivity index (χ0n) is 10.5. The van der Waals surface area contributed by atoms with Crippen molar-refractivity contribution in [1.82, 2.24) is 0 Å². The number of ether oxygens (including phenoxy) is 1. The maximum atomic E-state index is 6.25. The lowest BCUT2D eigenvalue weighted by atomic mass is 10.1. The van der Waals surface area contributed by atoms with E-state index in [0.717, 1.165) is 21.8 Å². The fourth-order valence-electron chi connectivity index (χ4n) is 1.96. The van der Waals surface area contributed by atoms with Gasteiger partial charge in [-0.05, 0) is 31.0 Å².